The molecule has 138 valence electrons. The fraction of sp³-hybridized carbons (Fsp3) is 0.409. The molecule has 0 saturated heterocycles. The number of rotatable bonds is 4. The Morgan fingerprint density at radius 2 is 1.85 bits per heavy atom. The van der Waals surface area contributed by atoms with E-state index in [4.69, 9.17) is 9.47 Å². The van der Waals surface area contributed by atoms with E-state index < -0.39 is 0 Å². The molecule has 0 radical (unpaired) electrons. The third-order valence-corrected chi connectivity index (χ3v) is 4.65. The van der Waals surface area contributed by atoms with Crippen LogP contribution < -0.4 is 14.8 Å². The lowest BCUT2D eigenvalue weighted by molar-refractivity contribution is -0.124. The molecular weight excluding hydrogens is 326 g/mol. The minimum atomic E-state index is -0.326. The molecule has 1 N–H and O–H groups in total. The van der Waals surface area contributed by atoms with Gasteiger partial charge in [0.15, 0.2) is 6.61 Å². The van der Waals surface area contributed by atoms with E-state index in [0.29, 0.717) is 0 Å². The Labute approximate surface area is 155 Å². The van der Waals surface area contributed by atoms with Gasteiger partial charge in [-0.2, -0.15) is 0 Å². The number of amides is 1. The summed E-state index contributed by atoms with van der Waals surface area (Å²) in [5.41, 5.74) is 4.05. The first-order valence-electron chi connectivity index (χ1n) is 9.02. The molecule has 0 spiro atoms. The van der Waals surface area contributed by atoms with Gasteiger partial charge < -0.3 is 14.8 Å². The van der Waals surface area contributed by atoms with Crippen LogP contribution in [0.1, 0.15) is 48.6 Å². The molecule has 1 amide bonds. The first-order chi connectivity index (χ1) is 12.2. The zero-order valence-electron chi connectivity index (χ0n) is 16.2. The van der Waals surface area contributed by atoms with Gasteiger partial charge in [0.1, 0.15) is 17.1 Å². The van der Waals surface area contributed by atoms with Crippen molar-refractivity contribution in [1.29, 1.82) is 0 Å². The number of carbonyl (C=O) groups is 1. The van der Waals surface area contributed by atoms with Crippen LogP contribution in [0, 0.1) is 20.8 Å². The average molecular weight is 353 g/mol. The van der Waals surface area contributed by atoms with E-state index in [9.17, 15) is 4.79 Å². The minimum absolute atomic E-state index is 0.00286. The summed E-state index contributed by atoms with van der Waals surface area (Å²) >= 11 is 0. The van der Waals surface area contributed by atoms with Gasteiger partial charge in [-0.05, 0) is 57.9 Å². The zero-order chi connectivity index (χ0) is 18.9. The van der Waals surface area contributed by atoms with Crippen molar-refractivity contribution in [2.75, 3.05) is 6.61 Å². The number of benzene rings is 2. The lowest BCUT2D eigenvalue weighted by atomic mass is 9.89. The largest absolute Gasteiger partial charge is 0.487 e. The quantitative estimate of drug-likeness (QED) is 0.886. The number of hydrogen-bond donors (Lipinski definition) is 1. The van der Waals surface area contributed by atoms with E-state index >= 15 is 0 Å². The highest BCUT2D eigenvalue weighted by Crippen LogP contribution is 2.39. The molecule has 1 aliphatic heterocycles. The van der Waals surface area contributed by atoms with Gasteiger partial charge in [0.2, 0.25) is 0 Å². The van der Waals surface area contributed by atoms with Crippen LogP contribution in [0.25, 0.3) is 0 Å². The third kappa shape index (κ3) is 4.18. The second-order valence-electron chi connectivity index (χ2n) is 7.78. The zero-order valence-corrected chi connectivity index (χ0v) is 16.2. The van der Waals surface area contributed by atoms with Crippen LogP contribution in [0.4, 0.5) is 0 Å². The van der Waals surface area contributed by atoms with Crippen LogP contribution in [0.3, 0.4) is 0 Å². The van der Waals surface area contributed by atoms with E-state index in [0.717, 1.165) is 34.6 Å². The third-order valence-electron chi connectivity index (χ3n) is 4.65. The maximum absolute atomic E-state index is 12.5. The van der Waals surface area contributed by atoms with Gasteiger partial charge in [0.25, 0.3) is 5.91 Å². The molecule has 0 unspecified atom stereocenters. The number of ether oxygens (including phenoxy) is 2. The Morgan fingerprint density at radius 1 is 1.15 bits per heavy atom. The van der Waals surface area contributed by atoms with Gasteiger partial charge in [-0.3, -0.25) is 4.79 Å². The summed E-state index contributed by atoms with van der Waals surface area (Å²) in [5.74, 6) is 1.47. The summed E-state index contributed by atoms with van der Waals surface area (Å²) in [6.07, 6.45) is 0.721. The van der Waals surface area contributed by atoms with E-state index in [2.05, 4.69) is 5.32 Å². The molecule has 1 atom stereocenters. The topological polar surface area (TPSA) is 47.6 Å². The van der Waals surface area contributed by atoms with E-state index in [1.165, 1.54) is 5.56 Å². The predicted octanol–water partition coefficient (Wildman–Crippen LogP) is 4.41. The molecule has 3 rings (SSSR count). The standard InChI is InChI=1S/C22H27NO3/c1-14-7-9-19(16(3)10-14)25-13-21(24)23-18-12-22(4,5)26-20-11-15(2)6-8-17(18)20/h6-11,18H,12-13H2,1-5H3,(H,23,24)/t18-/m0/s1. The van der Waals surface area contributed by atoms with Crippen molar-refractivity contribution in [2.24, 2.45) is 0 Å². The fourth-order valence-electron chi connectivity index (χ4n) is 3.43. The van der Waals surface area contributed by atoms with Crippen LogP contribution in [0.5, 0.6) is 11.5 Å². The molecule has 1 heterocycles. The number of aryl methyl sites for hydroxylation is 3. The molecule has 26 heavy (non-hydrogen) atoms. The molecule has 2 aromatic rings. The Balaban J connectivity index is 1.69. The molecule has 4 nitrogen and oxygen atoms in total. The van der Waals surface area contributed by atoms with Crippen molar-refractivity contribution in [3.63, 3.8) is 0 Å². The molecule has 2 aromatic carbocycles. The van der Waals surface area contributed by atoms with Crippen molar-refractivity contribution in [3.8, 4) is 11.5 Å². The van der Waals surface area contributed by atoms with E-state index in [-0.39, 0.29) is 24.2 Å². The molecule has 0 aromatic heterocycles. The van der Waals surface area contributed by atoms with Crippen molar-refractivity contribution in [3.05, 3.63) is 58.7 Å². The Kier molecular flexibility index (Phi) is 4.94. The van der Waals surface area contributed by atoms with Gasteiger partial charge >= 0.3 is 0 Å². The second kappa shape index (κ2) is 7.02. The van der Waals surface area contributed by atoms with Crippen LogP contribution in [-0.4, -0.2) is 18.1 Å². The van der Waals surface area contributed by atoms with Crippen molar-refractivity contribution in [2.45, 2.75) is 52.7 Å². The maximum atomic E-state index is 12.5. The van der Waals surface area contributed by atoms with Gasteiger partial charge in [0, 0.05) is 12.0 Å². The smallest absolute Gasteiger partial charge is 0.258 e. The summed E-state index contributed by atoms with van der Waals surface area (Å²) in [4.78, 5) is 12.5. The molecule has 0 saturated carbocycles. The molecule has 0 fully saturated rings. The van der Waals surface area contributed by atoms with E-state index in [1.807, 2.05) is 71.0 Å². The first kappa shape index (κ1) is 18.3. The van der Waals surface area contributed by atoms with Gasteiger partial charge in [-0.1, -0.05) is 29.8 Å². The molecule has 0 aliphatic carbocycles. The van der Waals surface area contributed by atoms with Gasteiger partial charge in [-0.25, -0.2) is 0 Å². The highest BCUT2D eigenvalue weighted by atomic mass is 16.5. The highest BCUT2D eigenvalue weighted by molar-refractivity contribution is 5.78. The molecular formula is C22H27NO3. The Hall–Kier alpha value is -2.49. The van der Waals surface area contributed by atoms with Gasteiger partial charge in [-0.15, -0.1) is 0 Å². The lowest BCUT2D eigenvalue weighted by Gasteiger charge is -2.38. The highest BCUT2D eigenvalue weighted by Gasteiger charge is 2.34. The van der Waals surface area contributed by atoms with Crippen LogP contribution >= 0.6 is 0 Å². The summed E-state index contributed by atoms with van der Waals surface area (Å²) in [5, 5.41) is 3.11. The first-order valence-corrected chi connectivity index (χ1v) is 9.02. The van der Waals surface area contributed by atoms with Crippen molar-refractivity contribution >= 4 is 5.91 Å². The summed E-state index contributed by atoms with van der Waals surface area (Å²) < 4.78 is 11.8. The van der Waals surface area contributed by atoms with Gasteiger partial charge in [0.05, 0.1) is 6.04 Å². The Morgan fingerprint density at radius 3 is 2.58 bits per heavy atom. The second-order valence-corrected chi connectivity index (χ2v) is 7.78. The lowest BCUT2D eigenvalue weighted by Crippen LogP contribution is -2.42. The van der Waals surface area contributed by atoms with Crippen LogP contribution in [-0.2, 0) is 4.79 Å². The van der Waals surface area contributed by atoms with Crippen LogP contribution in [0.15, 0.2) is 36.4 Å². The number of nitrogens with one attached hydrogen (secondary N) is 1. The summed E-state index contributed by atoms with van der Waals surface area (Å²) in [6, 6.07) is 12.0. The van der Waals surface area contributed by atoms with Crippen LogP contribution in [0.2, 0.25) is 0 Å². The van der Waals surface area contributed by atoms with Crippen molar-refractivity contribution < 1.29 is 14.3 Å². The molecule has 0 bridgehead atoms. The van der Waals surface area contributed by atoms with Crippen molar-refractivity contribution in [1.82, 2.24) is 5.32 Å². The number of carbonyl (C=O) groups excluding carboxylic acids is 1. The monoisotopic (exact) mass is 353 g/mol. The molecule has 1 aliphatic rings. The summed E-state index contributed by atoms with van der Waals surface area (Å²) in [6.45, 7) is 10.2. The number of hydrogen-bond acceptors (Lipinski definition) is 3. The maximum Gasteiger partial charge on any atom is 0.258 e. The summed E-state index contributed by atoms with van der Waals surface area (Å²) in [7, 11) is 0. The van der Waals surface area contributed by atoms with E-state index in [1.54, 1.807) is 0 Å². The SMILES string of the molecule is Cc1ccc(OCC(=O)N[C@H]2CC(C)(C)Oc3cc(C)ccc32)c(C)c1. The fourth-order valence-corrected chi connectivity index (χ4v) is 3.43. The average Bonchev–Trinajstić information content (AvgIpc) is 2.52. The Bertz CT molecular complexity index is 826. The normalized spacial score (nSPS) is 17.8. The molecule has 4 heteroatoms. The predicted molar refractivity (Wildman–Crippen MR) is 103 cm³/mol. The number of fused-ring (bicyclic) bond motifs is 1. The minimum Gasteiger partial charge on any atom is -0.487 e.